The molecule has 0 unspecified atom stereocenters. The van der Waals surface area contributed by atoms with E-state index in [-0.39, 0.29) is 35.0 Å². The summed E-state index contributed by atoms with van der Waals surface area (Å²) in [4.78, 5) is 14.6. The van der Waals surface area contributed by atoms with E-state index in [1.165, 1.54) is 35.6 Å². The molecule has 49 heavy (non-hydrogen) atoms. The molecule has 1 aliphatic rings. The third kappa shape index (κ3) is 7.40. The number of hydrogen-bond donors (Lipinski definition) is 2. The van der Waals surface area contributed by atoms with E-state index in [4.69, 9.17) is 4.74 Å². The van der Waals surface area contributed by atoms with Crippen LogP contribution in [0.2, 0.25) is 0 Å². The number of ether oxygens (including phenoxy) is 1. The standard InChI is InChI=1S/C37H39F2N3O5S2/c1-22(34(43)44)17-23-7-5-8-24(18-23)37(4)14-6-13-36(2,3)21-49(45,46)16-12-27-26-11-15-40-31(26)20-30(39)32(27)47-25-9-10-29(38)28(19-25)33-41-42-35(37)48-33/h5,7-11,15,18-20,22,40H,6,12-14,16-17,21H2,1-4H3,(H,43,44)/t22-,37-/m1/s1. The highest BCUT2D eigenvalue weighted by atomic mass is 32.2. The van der Waals surface area contributed by atoms with Crippen LogP contribution in [0.3, 0.4) is 0 Å². The van der Waals surface area contributed by atoms with Gasteiger partial charge in [-0.3, -0.25) is 4.79 Å². The first-order chi connectivity index (χ1) is 23.1. The summed E-state index contributed by atoms with van der Waals surface area (Å²) in [6, 6.07) is 14.9. The van der Waals surface area contributed by atoms with Gasteiger partial charge in [-0.2, -0.15) is 0 Å². The molecule has 2 N–H and O–H groups in total. The number of fused-ring (bicyclic) bond motifs is 8. The molecular weight excluding hydrogens is 669 g/mol. The van der Waals surface area contributed by atoms with Gasteiger partial charge in [-0.1, -0.05) is 62.8 Å². The van der Waals surface area contributed by atoms with Gasteiger partial charge in [-0.05, 0) is 73.4 Å². The minimum Gasteiger partial charge on any atom is -0.481 e. The number of benzene rings is 3. The van der Waals surface area contributed by atoms with Gasteiger partial charge in [0.1, 0.15) is 16.6 Å². The number of nitrogens with zero attached hydrogens (tertiary/aromatic N) is 2. The number of aliphatic carboxylic acids is 1. The van der Waals surface area contributed by atoms with Crippen molar-refractivity contribution in [2.24, 2.45) is 11.3 Å². The Morgan fingerprint density at radius 2 is 1.86 bits per heavy atom. The first kappa shape index (κ1) is 34.7. The lowest BCUT2D eigenvalue weighted by molar-refractivity contribution is -0.141. The number of aromatic amines is 1. The van der Waals surface area contributed by atoms with Gasteiger partial charge in [0.25, 0.3) is 0 Å². The summed E-state index contributed by atoms with van der Waals surface area (Å²) in [5, 5.41) is 20.1. The van der Waals surface area contributed by atoms with Crippen molar-refractivity contribution in [2.45, 2.75) is 65.2 Å². The van der Waals surface area contributed by atoms with Crippen molar-refractivity contribution in [3.8, 4) is 22.1 Å². The van der Waals surface area contributed by atoms with E-state index in [0.29, 0.717) is 52.2 Å². The Bertz CT molecular complexity index is 2140. The van der Waals surface area contributed by atoms with E-state index >= 15 is 8.78 Å². The molecule has 0 amide bonds. The van der Waals surface area contributed by atoms with Crippen molar-refractivity contribution in [3.05, 3.63) is 94.1 Å². The largest absolute Gasteiger partial charge is 0.481 e. The molecular formula is C37H39F2N3O5S2. The summed E-state index contributed by atoms with van der Waals surface area (Å²) in [6.07, 6.45) is 3.88. The van der Waals surface area contributed by atoms with Crippen LogP contribution in [-0.4, -0.2) is 46.2 Å². The first-order valence-electron chi connectivity index (χ1n) is 16.3. The number of hydrogen-bond acceptors (Lipinski definition) is 7. The van der Waals surface area contributed by atoms with Crippen LogP contribution in [0.15, 0.2) is 60.8 Å². The minimum atomic E-state index is -3.58. The molecule has 0 saturated carbocycles. The number of nitrogens with one attached hydrogen (secondary N) is 1. The van der Waals surface area contributed by atoms with E-state index in [1.54, 1.807) is 19.2 Å². The SMILES string of the molecule is C[C@H](Cc1cccc([C@@]2(C)CCCC(C)(C)CS(=O)(=O)CCc3c(c(F)cc4[nH]ccc34)Oc3ccc(F)c(c3)-c3nnc2s3)c1)C(=O)O. The Hall–Kier alpha value is -4.16. The summed E-state index contributed by atoms with van der Waals surface area (Å²) >= 11 is 1.24. The highest BCUT2D eigenvalue weighted by Gasteiger charge is 2.35. The highest BCUT2D eigenvalue weighted by molar-refractivity contribution is 7.91. The molecule has 8 nitrogen and oxygen atoms in total. The lowest BCUT2D eigenvalue weighted by atomic mass is 9.76. The van der Waals surface area contributed by atoms with Crippen LogP contribution in [0.25, 0.3) is 21.5 Å². The average Bonchev–Trinajstić information content (AvgIpc) is 3.71. The topological polar surface area (TPSA) is 122 Å². The van der Waals surface area contributed by atoms with Crippen molar-refractivity contribution in [2.75, 3.05) is 11.5 Å². The van der Waals surface area contributed by atoms with Gasteiger partial charge in [0.05, 0.1) is 23.0 Å². The lowest BCUT2D eigenvalue weighted by Crippen LogP contribution is -2.28. The third-order valence-corrected chi connectivity index (χ3v) is 12.8. The van der Waals surface area contributed by atoms with Crippen LogP contribution < -0.4 is 4.74 Å². The van der Waals surface area contributed by atoms with Crippen LogP contribution in [-0.2, 0) is 32.9 Å². The predicted octanol–water partition coefficient (Wildman–Crippen LogP) is 8.49. The summed E-state index contributed by atoms with van der Waals surface area (Å²) in [7, 11) is -3.58. The second kappa shape index (κ2) is 13.3. The summed E-state index contributed by atoms with van der Waals surface area (Å²) < 4.78 is 64.3. The zero-order chi connectivity index (χ0) is 35.1. The number of halogens is 2. The van der Waals surface area contributed by atoms with Crippen LogP contribution in [0, 0.1) is 23.0 Å². The molecule has 2 aromatic heterocycles. The minimum absolute atomic E-state index is 0.0303. The van der Waals surface area contributed by atoms with E-state index in [1.807, 2.05) is 45.0 Å². The number of carboxylic acid groups (broad SMARTS) is 1. The number of rotatable bonds is 4. The Balaban J connectivity index is 1.47. The van der Waals surface area contributed by atoms with Crippen molar-refractivity contribution in [1.29, 1.82) is 0 Å². The van der Waals surface area contributed by atoms with E-state index in [0.717, 1.165) is 11.1 Å². The summed E-state index contributed by atoms with van der Waals surface area (Å²) in [5.41, 5.74) is 1.58. The molecule has 3 heterocycles. The Labute approximate surface area is 288 Å². The zero-order valence-corrected chi connectivity index (χ0v) is 29.5. The van der Waals surface area contributed by atoms with Gasteiger partial charge in [-0.25, -0.2) is 17.2 Å². The molecule has 0 saturated heterocycles. The number of carbonyl (C=O) groups is 1. The molecule has 1 aliphatic heterocycles. The lowest BCUT2D eigenvalue weighted by Gasteiger charge is -2.31. The molecule has 6 rings (SSSR count). The molecule has 5 aromatic rings. The zero-order valence-electron chi connectivity index (χ0n) is 27.8. The molecule has 3 aromatic carbocycles. The smallest absolute Gasteiger partial charge is 0.306 e. The molecule has 4 bridgehead atoms. The van der Waals surface area contributed by atoms with Gasteiger partial charge in [0, 0.05) is 34.1 Å². The fraction of sp³-hybridized carbons (Fsp3) is 0.378. The average molecular weight is 708 g/mol. The van der Waals surface area contributed by atoms with Crippen molar-refractivity contribution in [3.63, 3.8) is 0 Å². The van der Waals surface area contributed by atoms with Crippen molar-refractivity contribution >= 4 is 38.0 Å². The predicted molar refractivity (Wildman–Crippen MR) is 187 cm³/mol. The van der Waals surface area contributed by atoms with Crippen LogP contribution in [0.5, 0.6) is 11.5 Å². The second-order valence-electron chi connectivity index (χ2n) is 14.1. The molecule has 0 radical (unpaired) electrons. The Morgan fingerprint density at radius 3 is 2.63 bits per heavy atom. The summed E-state index contributed by atoms with van der Waals surface area (Å²) in [6.45, 7) is 7.58. The van der Waals surface area contributed by atoms with Crippen molar-refractivity contribution < 1.29 is 31.8 Å². The maximum Gasteiger partial charge on any atom is 0.306 e. The first-order valence-corrected chi connectivity index (χ1v) is 18.9. The monoisotopic (exact) mass is 707 g/mol. The molecule has 0 aliphatic carbocycles. The molecule has 258 valence electrons. The molecule has 0 spiro atoms. The fourth-order valence-corrected chi connectivity index (χ4v) is 9.81. The van der Waals surface area contributed by atoms with Gasteiger partial charge in [0.2, 0.25) is 0 Å². The third-order valence-electron chi connectivity index (χ3n) is 9.48. The Kier molecular flexibility index (Phi) is 9.40. The molecule has 12 heteroatoms. The van der Waals surface area contributed by atoms with Crippen molar-refractivity contribution in [1.82, 2.24) is 15.2 Å². The van der Waals surface area contributed by atoms with Gasteiger partial charge >= 0.3 is 5.97 Å². The van der Waals surface area contributed by atoms with Crippen LogP contribution >= 0.6 is 11.3 Å². The number of carboxylic acids is 1. The van der Waals surface area contributed by atoms with Gasteiger partial charge < -0.3 is 14.8 Å². The van der Waals surface area contributed by atoms with Crippen LogP contribution in [0.1, 0.15) is 68.7 Å². The number of aromatic nitrogens is 3. The quantitative estimate of drug-likeness (QED) is 0.192. The van der Waals surface area contributed by atoms with E-state index in [9.17, 15) is 18.3 Å². The maximum absolute atomic E-state index is 15.6. The number of aryl methyl sites for hydroxylation is 1. The second-order valence-corrected chi connectivity index (χ2v) is 17.3. The Morgan fingerprint density at radius 1 is 1.06 bits per heavy atom. The van der Waals surface area contributed by atoms with E-state index in [2.05, 4.69) is 15.2 Å². The van der Waals surface area contributed by atoms with Gasteiger partial charge in [0.15, 0.2) is 26.4 Å². The number of sulfone groups is 1. The molecule has 2 atom stereocenters. The van der Waals surface area contributed by atoms with E-state index < -0.39 is 44.2 Å². The summed E-state index contributed by atoms with van der Waals surface area (Å²) in [5.74, 6) is -2.87. The number of H-pyrrole nitrogens is 1. The van der Waals surface area contributed by atoms with Gasteiger partial charge in [-0.15, -0.1) is 10.2 Å². The maximum atomic E-state index is 15.6. The van der Waals surface area contributed by atoms with Crippen LogP contribution in [0.4, 0.5) is 8.78 Å². The normalized spacial score (nSPS) is 20.0. The highest BCUT2D eigenvalue weighted by Crippen LogP contribution is 2.43. The fourth-order valence-electron chi connectivity index (χ4n) is 6.76. The molecule has 0 fully saturated rings.